The molecule has 0 aliphatic heterocycles. The molecule has 3 nitrogen and oxygen atoms in total. The highest BCUT2D eigenvalue weighted by atomic mass is 79.9. The Labute approximate surface area is 91.3 Å². The highest BCUT2D eigenvalue weighted by Gasteiger charge is 2.11. The summed E-state index contributed by atoms with van der Waals surface area (Å²) in [7, 11) is 0. The van der Waals surface area contributed by atoms with Gasteiger partial charge in [-0.1, -0.05) is 46.3 Å². The Morgan fingerprint density at radius 1 is 1.43 bits per heavy atom. The monoisotopic (exact) mass is 257 g/mol. The van der Waals surface area contributed by atoms with Gasteiger partial charge in [-0.25, -0.2) is 0 Å². The van der Waals surface area contributed by atoms with E-state index in [4.69, 9.17) is 5.11 Å². The maximum absolute atomic E-state index is 11.2. The van der Waals surface area contributed by atoms with Crippen LogP contribution in [-0.4, -0.2) is 22.4 Å². The van der Waals surface area contributed by atoms with Crippen molar-refractivity contribution in [2.24, 2.45) is 0 Å². The average molecular weight is 258 g/mol. The SMILES string of the molecule is O=C(NCc1ccccc1)C(Br)CO. The lowest BCUT2D eigenvalue weighted by Crippen LogP contribution is -2.32. The van der Waals surface area contributed by atoms with Crippen molar-refractivity contribution in [1.82, 2.24) is 5.32 Å². The molecule has 1 unspecified atom stereocenters. The molecular formula is C10H12BrNO2. The number of hydrogen-bond acceptors (Lipinski definition) is 2. The number of halogens is 1. The molecule has 0 saturated carbocycles. The molecule has 2 N–H and O–H groups in total. The van der Waals surface area contributed by atoms with Crippen LogP contribution < -0.4 is 5.32 Å². The van der Waals surface area contributed by atoms with Gasteiger partial charge >= 0.3 is 0 Å². The normalized spacial score (nSPS) is 12.1. The number of hydrogen-bond donors (Lipinski definition) is 2. The van der Waals surface area contributed by atoms with Gasteiger partial charge in [0.1, 0.15) is 4.83 Å². The van der Waals surface area contributed by atoms with Gasteiger partial charge in [0.15, 0.2) is 0 Å². The number of rotatable bonds is 4. The number of amides is 1. The molecule has 0 bridgehead atoms. The van der Waals surface area contributed by atoms with Crippen LogP contribution in [0.3, 0.4) is 0 Å². The number of alkyl halides is 1. The fourth-order valence-electron chi connectivity index (χ4n) is 0.979. The molecule has 0 aromatic heterocycles. The van der Waals surface area contributed by atoms with Crippen LogP contribution in [0.25, 0.3) is 0 Å². The van der Waals surface area contributed by atoms with Gasteiger partial charge in [0.25, 0.3) is 0 Å². The highest BCUT2D eigenvalue weighted by Crippen LogP contribution is 2.00. The zero-order chi connectivity index (χ0) is 10.4. The van der Waals surface area contributed by atoms with Gasteiger partial charge in [0.05, 0.1) is 6.61 Å². The summed E-state index contributed by atoms with van der Waals surface area (Å²) >= 11 is 3.05. The second kappa shape index (κ2) is 5.78. The summed E-state index contributed by atoms with van der Waals surface area (Å²) in [5.41, 5.74) is 1.04. The molecule has 0 fully saturated rings. The van der Waals surface area contributed by atoms with Gasteiger partial charge in [0.2, 0.25) is 5.91 Å². The molecule has 76 valence electrons. The summed E-state index contributed by atoms with van der Waals surface area (Å²) in [5.74, 6) is -0.198. The second-order valence-corrected chi connectivity index (χ2v) is 3.96. The zero-order valence-electron chi connectivity index (χ0n) is 7.61. The molecule has 0 aliphatic carbocycles. The maximum atomic E-state index is 11.2. The fraction of sp³-hybridized carbons (Fsp3) is 0.300. The predicted molar refractivity (Wildman–Crippen MR) is 58.1 cm³/mol. The van der Waals surface area contributed by atoms with Crippen molar-refractivity contribution in [3.63, 3.8) is 0 Å². The zero-order valence-corrected chi connectivity index (χ0v) is 9.20. The minimum atomic E-state index is -0.522. The van der Waals surface area contributed by atoms with E-state index in [1.54, 1.807) is 0 Å². The van der Waals surface area contributed by atoms with E-state index >= 15 is 0 Å². The molecule has 1 atom stereocenters. The van der Waals surface area contributed by atoms with Gasteiger partial charge in [-0.2, -0.15) is 0 Å². The van der Waals surface area contributed by atoms with Crippen molar-refractivity contribution in [3.05, 3.63) is 35.9 Å². The Bertz CT molecular complexity index is 289. The van der Waals surface area contributed by atoms with E-state index in [1.807, 2.05) is 30.3 Å². The average Bonchev–Trinajstić information content (AvgIpc) is 2.26. The first kappa shape index (κ1) is 11.2. The molecule has 0 heterocycles. The quantitative estimate of drug-likeness (QED) is 0.793. The van der Waals surface area contributed by atoms with Gasteiger partial charge in [-0.05, 0) is 5.56 Å². The van der Waals surface area contributed by atoms with Crippen LogP contribution in [0.1, 0.15) is 5.56 Å². The Hall–Kier alpha value is -0.870. The number of benzene rings is 1. The summed E-state index contributed by atoms with van der Waals surface area (Å²) < 4.78 is 0. The lowest BCUT2D eigenvalue weighted by atomic mass is 10.2. The largest absolute Gasteiger partial charge is 0.395 e. The topological polar surface area (TPSA) is 49.3 Å². The van der Waals surface area contributed by atoms with E-state index < -0.39 is 4.83 Å². The lowest BCUT2D eigenvalue weighted by Gasteiger charge is -2.07. The van der Waals surface area contributed by atoms with Crippen LogP contribution >= 0.6 is 15.9 Å². The second-order valence-electron chi connectivity index (χ2n) is 2.85. The minimum absolute atomic E-state index is 0.194. The van der Waals surface area contributed by atoms with Crippen molar-refractivity contribution >= 4 is 21.8 Å². The number of carbonyl (C=O) groups is 1. The number of aliphatic hydroxyl groups excluding tert-OH is 1. The molecule has 14 heavy (non-hydrogen) atoms. The van der Waals surface area contributed by atoms with Crippen LogP contribution in [0.5, 0.6) is 0 Å². The van der Waals surface area contributed by atoms with Crippen molar-refractivity contribution < 1.29 is 9.90 Å². The summed E-state index contributed by atoms with van der Waals surface area (Å²) in [6.07, 6.45) is 0. The van der Waals surface area contributed by atoms with Crippen molar-refractivity contribution in [3.8, 4) is 0 Å². The van der Waals surface area contributed by atoms with Crippen molar-refractivity contribution in [1.29, 1.82) is 0 Å². The molecule has 1 rings (SSSR count). The van der Waals surface area contributed by atoms with E-state index in [1.165, 1.54) is 0 Å². The van der Waals surface area contributed by atoms with Gasteiger partial charge < -0.3 is 10.4 Å². The maximum Gasteiger partial charge on any atom is 0.236 e. The standard InChI is InChI=1S/C10H12BrNO2/c11-9(7-13)10(14)12-6-8-4-2-1-3-5-8/h1-5,9,13H,6-7H2,(H,12,14). The molecule has 1 amide bonds. The Balaban J connectivity index is 2.38. The molecule has 4 heteroatoms. The van der Waals surface area contributed by atoms with Gasteiger partial charge in [-0.15, -0.1) is 0 Å². The van der Waals surface area contributed by atoms with Crippen LogP contribution in [0.15, 0.2) is 30.3 Å². The first-order valence-corrected chi connectivity index (χ1v) is 5.22. The molecule has 0 spiro atoms. The third kappa shape index (κ3) is 3.47. The Morgan fingerprint density at radius 2 is 2.07 bits per heavy atom. The summed E-state index contributed by atoms with van der Waals surface area (Å²) in [6.45, 7) is 0.294. The van der Waals surface area contributed by atoms with E-state index in [2.05, 4.69) is 21.2 Å². The first-order chi connectivity index (χ1) is 6.74. The third-order valence-electron chi connectivity index (χ3n) is 1.75. The van der Waals surface area contributed by atoms with Crippen LogP contribution in [0, 0.1) is 0 Å². The molecule has 0 radical (unpaired) electrons. The van der Waals surface area contributed by atoms with Crippen LogP contribution in [0.4, 0.5) is 0 Å². The Kier molecular flexibility index (Phi) is 4.62. The highest BCUT2D eigenvalue weighted by molar-refractivity contribution is 9.10. The van der Waals surface area contributed by atoms with E-state index in [-0.39, 0.29) is 12.5 Å². The third-order valence-corrected chi connectivity index (χ3v) is 2.46. The molecule has 1 aromatic carbocycles. The van der Waals surface area contributed by atoms with E-state index in [0.717, 1.165) is 5.56 Å². The predicted octanol–water partition coefficient (Wildman–Crippen LogP) is 1.06. The van der Waals surface area contributed by atoms with Gasteiger partial charge in [-0.3, -0.25) is 4.79 Å². The van der Waals surface area contributed by atoms with E-state index in [0.29, 0.717) is 6.54 Å². The minimum Gasteiger partial charge on any atom is -0.395 e. The van der Waals surface area contributed by atoms with E-state index in [9.17, 15) is 4.79 Å². The Morgan fingerprint density at radius 3 is 2.64 bits per heavy atom. The summed E-state index contributed by atoms with van der Waals surface area (Å²) in [6, 6.07) is 9.62. The van der Waals surface area contributed by atoms with Crippen LogP contribution in [0.2, 0.25) is 0 Å². The number of nitrogens with one attached hydrogen (secondary N) is 1. The first-order valence-electron chi connectivity index (χ1n) is 4.30. The number of carbonyl (C=O) groups excluding carboxylic acids is 1. The summed E-state index contributed by atoms with van der Waals surface area (Å²) in [5, 5.41) is 11.4. The fourth-order valence-corrected chi connectivity index (χ4v) is 1.14. The molecular weight excluding hydrogens is 246 g/mol. The van der Waals surface area contributed by atoms with Crippen LogP contribution in [-0.2, 0) is 11.3 Å². The van der Waals surface area contributed by atoms with Gasteiger partial charge in [0, 0.05) is 6.54 Å². The molecule has 1 aromatic rings. The number of aliphatic hydroxyl groups is 1. The molecule has 0 saturated heterocycles. The summed E-state index contributed by atoms with van der Waals surface area (Å²) in [4.78, 5) is 10.7. The van der Waals surface area contributed by atoms with Crippen molar-refractivity contribution in [2.45, 2.75) is 11.4 Å². The lowest BCUT2D eigenvalue weighted by molar-refractivity contribution is -0.121. The van der Waals surface area contributed by atoms with Crippen molar-refractivity contribution in [2.75, 3.05) is 6.61 Å². The molecule has 0 aliphatic rings. The smallest absolute Gasteiger partial charge is 0.236 e.